The average Bonchev–Trinajstić information content (AvgIpc) is 2.59. The topological polar surface area (TPSA) is 40.6 Å². The van der Waals surface area contributed by atoms with E-state index in [4.69, 9.17) is 0 Å². The van der Waals surface area contributed by atoms with Crippen LogP contribution in [0.4, 0.5) is 4.39 Å². The van der Waals surface area contributed by atoms with Crippen molar-refractivity contribution in [3.05, 3.63) is 71.0 Å². The van der Waals surface area contributed by atoms with E-state index in [-0.39, 0.29) is 11.6 Å². The van der Waals surface area contributed by atoms with Gasteiger partial charge in [0.05, 0.1) is 5.75 Å². The number of sulfonamides is 1. The molecule has 0 spiro atoms. The van der Waals surface area contributed by atoms with Crippen molar-refractivity contribution in [1.82, 2.24) is 9.21 Å². The van der Waals surface area contributed by atoms with Crippen LogP contribution in [0.25, 0.3) is 0 Å². The fourth-order valence-corrected chi connectivity index (χ4v) is 4.59. The van der Waals surface area contributed by atoms with Crippen molar-refractivity contribution in [3.8, 4) is 0 Å². The number of piperazine rings is 1. The minimum atomic E-state index is -3.37. The molecule has 0 bridgehead atoms. The number of hydrogen-bond donors (Lipinski definition) is 0. The highest BCUT2D eigenvalue weighted by Gasteiger charge is 2.27. The Kier molecular flexibility index (Phi) is 5.51. The summed E-state index contributed by atoms with van der Waals surface area (Å²) in [5.41, 5.74) is 3.16. The molecule has 0 saturated carbocycles. The predicted octanol–water partition coefficient (Wildman–Crippen LogP) is 2.78. The van der Waals surface area contributed by atoms with E-state index in [1.54, 1.807) is 4.31 Å². The van der Waals surface area contributed by atoms with Gasteiger partial charge in [-0.3, -0.25) is 4.90 Å². The molecule has 2 aromatic rings. The lowest BCUT2D eigenvalue weighted by Crippen LogP contribution is -2.48. The summed E-state index contributed by atoms with van der Waals surface area (Å²) in [6.45, 7) is 5.37. The molecular formula is C19H23FN2O2S. The molecule has 25 heavy (non-hydrogen) atoms. The van der Waals surface area contributed by atoms with Gasteiger partial charge in [-0.2, -0.15) is 4.31 Å². The van der Waals surface area contributed by atoms with Gasteiger partial charge in [-0.05, 0) is 35.7 Å². The molecule has 1 fully saturated rings. The van der Waals surface area contributed by atoms with Gasteiger partial charge >= 0.3 is 0 Å². The summed E-state index contributed by atoms with van der Waals surface area (Å²) in [5.74, 6) is -0.434. The summed E-state index contributed by atoms with van der Waals surface area (Å²) < 4.78 is 39.7. The van der Waals surface area contributed by atoms with Gasteiger partial charge in [0.1, 0.15) is 5.82 Å². The van der Waals surface area contributed by atoms with Crippen LogP contribution in [-0.4, -0.2) is 43.8 Å². The molecule has 0 unspecified atom stereocenters. The lowest BCUT2D eigenvalue weighted by atomic mass is 10.1. The molecular weight excluding hydrogens is 339 g/mol. The highest BCUT2D eigenvalue weighted by Crippen LogP contribution is 2.16. The second-order valence-electron chi connectivity index (χ2n) is 6.48. The zero-order chi connectivity index (χ0) is 17.9. The number of benzene rings is 2. The third-order valence-electron chi connectivity index (χ3n) is 4.64. The van der Waals surface area contributed by atoms with Gasteiger partial charge in [-0.15, -0.1) is 0 Å². The molecule has 0 aromatic heterocycles. The van der Waals surface area contributed by atoms with Crippen LogP contribution in [0.1, 0.15) is 16.7 Å². The summed E-state index contributed by atoms with van der Waals surface area (Å²) in [6.07, 6.45) is 0. The predicted molar refractivity (Wildman–Crippen MR) is 97.1 cm³/mol. The Morgan fingerprint density at radius 1 is 0.960 bits per heavy atom. The van der Waals surface area contributed by atoms with Crippen molar-refractivity contribution in [2.75, 3.05) is 26.2 Å². The van der Waals surface area contributed by atoms with E-state index >= 15 is 0 Å². The Morgan fingerprint density at radius 3 is 2.24 bits per heavy atom. The molecule has 0 amide bonds. The normalized spacial score (nSPS) is 16.9. The van der Waals surface area contributed by atoms with E-state index in [2.05, 4.69) is 24.0 Å². The van der Waals surface area contributed by atoms with Crippen molar-refractivity contribution >= 4 is 10.0 Å². The van der Waals surface area contributed by atoms with Crippen LogP contribution in [-0.2, 0) is 22.3 Å². The van der Waals surface area contributed by atoms with E-state index in [0.29, 0.717) is 18.7 Å². The van der Waals surface area contributed by atoms with Crippen LogP contribution in [0.5, 0.6) is 0 Å². The zero-order valence-electron chi connectivity index (χ0n) is 14.4. The monoisotopic (exact) mass is 362 g/mol. The third kappa shape index (κ3) is 4.66. The molecule has 4 nitrogen and oxygen atoms in total. The molecule has 1 saturated heterocycles. The van der Waals surface area contributed by atoms with E-state index in [9.17, 15) is 12.8 Å². The first-order valence-corrected chi connectivity index (χ1v) is 10.0. The standard InChI is InChI=1S/C19H23FN2O2S/c1-16-4-2-3-5-18(16)14-21-10-12-22(13-11-21)25(23,24)15-17-6-8-19(20)9-7-17/h2-9H,10-15H2,1H3. The number of rotatable bonds is 5. The second-order valence-corrected chi connectivity index (χ2v) is 8.45. The smallest absolute Gasteiger partial charge is 0.218 e. The van der Waals surface area contributed by atoms with Crippen LogP contribution < -0.4 is 0 Å². The Morgan fingerprint density at radius 2 is 1.60 bits per heavy atom. The molecule has 1 aliphatic heterocycles. The van der Waals surface area contributed by atoms with Crippen molar-refractivity contribution in [3.63, 3.8) is 0 Å². The van der Waals surface area contributed by atoms with Gasteiger partial charge < -0.3 is 0 Å². The SMILES string of the molecule is Cc1ccccc1CN1CCN(S(=O)(=O)Cc2ccc(F)cc2)CC1. The van der Waals surface area contributed by atoms with Crippen LogP contribution >= 0.6 is 0 Å². The lowest BCUT2D eigenvalue weighted by molar-refractivity contribution is 0.181. The first-order chi connectivity index (χ1) is 11.9. The maximum Gasteiger partial charge on any atom is 0.218 e. The summed E-state index contributed by atoms with van der Waals surface area (Å²) in [6, 6.07) is 13.9. The van der Waals surface area contributed by atoms with E-state index in [0.717, 1.165) is 19.6 Å². The van der Waals surface area contributed by atoms with Gasteiger partial charge in [0, 0.05) is 32.7 Å². The fraction of sp³-hybridized carbons (Fsp3) is 0.368. The van der Waals surface area contributed by atoms with E-state index in [1.807, 2.05) is 12.1 Å². The Labute approximate surface area is 148 Å². The Hall–Kier alpha value is -1.76. The zero-order valence-corrected chi connectivity index (χ0v) is 15.2. The molecule has 6 heteroatoms. The van der Waals surface area contributed by atoms with Crippen LogP contribution in [0.2, 0.25) is 0 Å². The molecule has 1 heterocycles. The molecule has 134 valence electrons. The van der Waals surface area contributed by atoms with Crippen LogP contribution in [0.3, 0.4) is 0 Å². The molecule has 0 radical (unpaired) electrons. The van der Waals surface area contributed by atoms with E-state index in [1.165, 1.54) is 35.4 Å². The minimum Gasteiger partial charge on any atom is -0.296 e. The van der Waals surface area contributed by atoms with Gasteiger partial charge in [-0.25, -0.2) is 12.8 Å². The van der Waals surface area contributed by atoms with Gasteiger partial charge in [0.25, 0.3) is 0 Å². The van der Waals surface area contributed by atoms with Gasteiger partial charge in [0.2, 0.25) is 10.0 Å². The van der Waals surface area contributed by atoms with Crippen molar-refractivity contribution in [2.24, 2.45) is 0 Å². The number of nitrogens with zero attached hydrogens (tertiary/aromatic N) is 2. The van der Waals surface area contributed by atoms with Gasteiger partial charge in [-0.1, -0.05) is 36.4 Å². The fourth-order valence-electron chi connectivity index (χ4n) is 3.08. The van der Waals surface area contributed by atoms with Gasteiger partial charge in [0.15, 0.2) is 0 Å². The maximum absolute atomic E-state index is 13.0. The largest absolute Gasteiger partial charge is 0.296 e. The van der Waals surface area contributed by atoms with Crippen molar-refractivity contribution < 1.29 is 12.8 Å². The minimum absolute atomic E-state index is 0.0783. The van der Waals surface area contributed by atoms with Crippen LogP contribution in [0.15, 0.2) is 48.5 Å². The maximum atomic E-state index is 13.0. The molecule has 2 aromatic carbocycles. The number of hydrogen-bond acceptors (Lipinski definition) is 3. The average molecular weight is 362 g/mol. The highest BCUT2D eigenvalue weighted by molar-refractivity contribution is 7.88. The Bertz CT molecular complexity index is 814. The number of aryl methyl sites for hydroxylation is 1. The van der Waals surface area contributed by atoms with Crippen molar-refractivity contribution in [2.45, 2.75) is 19.2 Å². The third-order valence-corrected chi connectivity index (χ3v) is 6.49. The lowest BCUT2D eigenvalue weighted by Gasteiger charge is -2.34. The molecule has 0 atom stereocenters. The van der Waals surface area contributed by atoms with Crippen LogP contribution in [0, 0.1) is 12.7 Å². The number of halogens is 1. The van der Waals surface area contributed by atoms with E-state index < -0.39 is 10.0 Å². The molecule has 1 aliphatic rings. The molecule has 3 rings (SSSR count). The summed E-state index contributed by atoms with van der Waals surface area (Å²) in [7, 11) is -3.37. The summed E-state index contributed by atoms with van der Waals surface area (Å²) >= 11 is 0. The summed E-state index contributed by atoms with van der Waals surface area (Å²) in [5, 5.41) is 0. The molecule has 0 N–H and O–H groups in total. The quantitative estimate of drug-likeness (QED) is 0.821. The van der Waals surface area contributed by atoms with Crippen molar-refractivity contribution in [1.29, 1.82) is 0 Å². The second kappa shape index (κ2) is 7.64. The first-order valence-electron chi connectivity index (χ1n) is 8.43. The Balaban J connectivity index is 1.57. The summed E-state index contributed by atoms with van der Waals surface area (Å²) in [4.78, 5) is 2.28. The highest BCUT2D eigenvalue weighted by atomic mass is 32.2. The molecule has 0 aliphatic carbocycles. The first kappa shape index (κ1) is 18.0.